The first-order valence-corrected chi connectivity index (χ1v) is 11.7. The quantitative estimate of drug-likeness (QED) is 0.502. The molecule has 3 N–H and O–H groups in total. The van der Waals surface area contributed by atoms with Gasteiger partial charge in [-0.05, 0) is 49.1 Å². The number of ether oxygens (including phenoxy) is 1. The van der Waals surface area contributed by atoms with Crippen LogP contribution in [0.1, 0.15) is 34.1 Å². The van der Waals surface area contributed by atoms with Crippen LogP contribution in [0.25, 0.3) is 10.9 Å². The van der Waals surface area contributed by atoms with Gasteiger partial charge in [0, 0.05) is 17.6 Å². The lowest BCUT2D eigenvalue weighted by Gasteiger charge is -2.13. The van der Waals surface area contributed by atoms with Gasteiger partial charge in [-0.1, -0.05) is 37.3 Å². The molecule has 1 aromatic heterocycles. The molecule has 0 saturated heterocycles. The summed E-state index contributed by atoms with van der Waals surface area (Å²) in [4.78, 5) is 29.5. The van der Waals surface area contributed by atoms with Crippen molar-refractivity contribution in [1.29, 1.82) is 0 Å². The molecule has 0 aliphatic carbocycles. The highest BCUT2D eigenvalue weighted by Gasteiger charge is 2.19. The Hall–Kier alpha value is -3.30. The third kappa shape index (κ3) is 5.49. The van der Waals surface area contributed by atoms with Crippen molar-refractivity contribution >= 4 is 32.8 Å². The number of hydrogen-bond donors (Lipinski definition) is 2. The molecule has 1 amide bonds. The molecule has 0 bridgehead atoms. The van der Waals surface area contributed by atoms with Gasteiger partial charge in [-0.25, -0.2) is 18.4 Å². The van der Waals surface area contributed by atoms with Crippen molar-refractivity contribution in [2.75, 3.05) is 13.2 Å². The number of rotatable bonds is 8. The summed E-state index contributed by atoms with van der Waals surface area (Å²) in [6.07, 6.45) is 1.16. The number of nitrogens with two attached hydrogens (primary N) is 1. The maximum absolute atomic E-state index is 12.8. The predicted molar refractivity (Wildman–Crippen MR) is 121 cm³/mol. The van der Waals surface area contributed by atoms with Crippen LogP contribution in [0.4, 0.5) is 0 Å². The Kier molecular flexibility index (Phi) is 7.22. The van der Waals surface area contributed by atoms with E-state index < -0.39 is 28.5 Å². The first-order chi connectivity index (χ1) is 15.2. The van der Waals surface area contributed by atoms with Crippen molar-refractivity contribution in [2.45, 2.75) is 31.6 Å². The minimum Gasteiger partial charge on any atom is -0.452 e. The number of sulfonamides is 1. The molecule has 0 spiro atoms. The minimum atomic E-state index is -3.74. The summed E-state index contributed by atoms with van der Waals surface area (Å²) >= 11 is 0. The van der Waals surface area contributed by atoms with Crippen molar-refractivity contribution in [3.05, 3.63) is 70.9 Å². The molecule has 0 atom stereocenters. The number of para-hydroxylation sites is 1. The lowest BCUT2D eigenvalue weighted by atomic mass is 10.0. The molecular formula is C23H25N3O5S. The summed E-state index contributed by atoms with van der Waals surface area (Å²) in [5.41, 5.74) is 3.53. The minimum absolute atomic E-state index is 0.0300. The molecule has 8 nitrogen and oxygen atoms in total. The van der Waals surface area contributed by atoms with Gasteiger partial charge < -0.3 is 10.1 Å². The number of benzene rings is 2. The first-order valence-electron chi connectivity index (χ1n) is 10.1. The first kappa shape index (κ1) is 23.4. The number of carbonyl (C=O) groups excluding carboxylic acids is 2. The number of aromatic nitrogens is 1. The number of aryl methyl sites for hydroxylation is 1. The zero-order valence-corrected chi connectivity index (χ0v) is 18.7. The van der Waals surface area contributed by atoms with Crippen LogP contribution in [-0.4, -0.2) is 38.4 Å². The van der Waals surface area contributed by atoms with Crippen LogP contribution in [0.3, 0.4) is 0 Å². The SMILES string of the molecule is CCc1nc2ccccc2c(C(=O)OCC(=O)NCCc2ccc(S(N)(=O)=O)cc2)c1C. The average Bonchev–Trinajstić information content (AvgIpc) is 2.76. The monoisotopic (exact) mass is 455 g/mol. The molecule has 1 heterocycles. The summed E-state index contributed by atoms with van der Waals surface area (Å²) in [5.74, 6) is -0.990. The number of pyridine rings is 1. The van der Waals surface area contributed by atoms with E-state index in [1.54, 1.807) is 12.1 Å². The van der Waals surface area contributed by atoms with E-state index in [-0.39, 0.29) is 4.90 Å². The number of nitrogens with zero attached hydrogens (tertiary/aromatic N) is 1. The largest absolute Gasteiger partial charge is 0.452 e. The zero-order valence-electron chi connectivity index (χ0n) is 17.9. The lowest BCUT2D eigenvalue weighted by molar-refractivity contribution is -0.124. The molecule has 3 rings (SSSR count). The number of esters is 1. The molecular weight excluding hydrogens is 430 g/mol. The highest BCUT2D eigenvalue weighted by molar-refractivity contribution is 7.89. The molecule has 0 fully saturated rings. The van der Waals surface area contributed by atoms with Crippen LogP contribution >= 0.6 is 0 Å². The Balaban J connectivity index is 1.57. The van der Waals surface area contributed by atoms with Crippen molar-refractivity contribution < 1.29 is 22.7 Å². The zero-order chi connectivity index (χ0) is 23.3. The molecule has 9 heteroatoms. The molecule has 0 saturated carbocycles. The summed E-state index contributed by atoms with van der Waals surface area (Å²) in [6.45, 7) is 3.70. The molecule has 2 aromatic carbocycles. The number of amides is 1. The fourth-order valence-corrected chi connectivity index (χ4v) is 3.93. The molecule has 0 radical (unpaired) electrons. The van der Waals surface area contributed by atoms with Crippen LogP contribution in [0.15, 0.2) is 53.4 Å². The highest BCUT2D eigenvalue weighted by atomic mass is 32.2. The van der Waals surface area contributed by atoms with Gasteiger partial charge in [0.05, 0.1) is 16.0 Å². The standard InChI is InChI=1S/C23H25N3O5S/c1-3-19-15(2)22(18-6-4-5-7-20(18)26-19)23(28)31-14-21(27)25-13-12-16-8-10-17(11-9-16)32(24,29)30/h4-11H,3,12-14H2,1-2H3,(H,25,27)(H2,24,29,30). The number of nitrogens with one attached hydrogen (secondary N) is 1. The Labute approximate surface area is 186 Å². The summed E-state index contributed by atoms with van der Waals surface area (Å²) in [5, 5.41) is 8.45. The molecule has 32 heavy (non-hydrogen) atoms. The van der Waals surface area contributed by atoms with E-state index in [1.807, 2.05) is 38.1 Å². The number of primary sulfonamides is 1. The Morgan fingerprint density at radius 3 is 2.44 bits per heavy atom. The lowest BCUT2D eigenvalue weighted by Crippen LogP contribution is -2.30. The van der Waals surface area contributed by atoms with Crippen molar-refractivity contribution in [3.8, 4) is 0 Å². The van der Waals surface area contributed by atoms with E-state index in [9.17, 15) is 18.0 Å². The smallest absolute Gasteiger partial charge is 0.339 e. The Bertz CT molecular complexity index is 1250. The van der Waals surface area contributed by atoms with Crippen LogP contribution in [-0.2, 0) is 32.4 Å². The summed E-state index contributed by atoms with van der Waals surface area (Å²) in [7, 11) is -3.74. The molecule has 168 valence electrons. The molecule has 0 unspecified atom stereocenters. The van der Waals surface area contributed by atoms with Crippen molar-refractivity contribution in [3.63, 3.8) is 0 Å². The second kappa shape index (κ2) is 9.88. The molecule has 3 aromatic rings. The van der Waals surface area contributed by atoms with Gasteiger partial charge in [0.1, 0.15) is 0 Å². The number of hydrogen-bond acceptors (Lipinski definition) is 6. The highest BCUT2D eigenvalue weighted by Crippen LogP contribution is 2.24. The summed E-state index contributed by atoms with van der Waals surface area (Å²) < 4.78 is 27.8. The van der Waals surface area contributed by atoms with Gasteiger partial charge in [0.2, 0.25) is 10.0 Å². The van der Waals surface area contributed by atoms with E-state index >= 15 is 0 Å². The summed E-state index contributed by atoms with van der Waals surface area (Å²) in [6, 6.07) is 13.4. The van der Waals surface area contributed by atoms with Crippen molar-refractivity contribution in [2.24, 2.45) is 5.14 Å². The fraction of sp³-hybridized carbons (Fsp3) is 0.261. The molecule has 0 aliphatic heterocycles. The Morgan fingerprint density at radius 2 is 1.78 bits per heavy atom. The van der Waals surface area contributed by atoms with Crippen LogP contribution < -0.4 is 10.5 Å². The second-order valence-corrected chi connectivity index (χ2v) is 8.86. The third-order valence-electron chi connectivity index (χ3n) is 5.10. The van der Waals surface area contributed by atoms with Crippen LogP contribution in [0, 0.1) is 6.92 Å². The van der Waals surface area contributed by atoms with Gasteiger partial charge in [-0.15, -0.1) is 0 Å². The predicted octanol–water partition coefficient (Wildman–Crippen LogP) is 2.27. The van der Waals surface area contributed by atoms with Crippen molar-refractivity contribution in [1.82, 2.24) is 10.3 Å². The van der Waals surface area contributed by atoms with E-state index in [0.717, 1.165) is 16.8 Å². The van der Waals surface area contributed by atoms with Gasteiger partial charge in [0.25, 0.3) is 5.91 Å². The topological polar surface area (TPSA) is 128 Å². The maximum Gasteiger partial charge on any atom is 0.339 e. The van der Waals surface area contributed by atoms with Crippen LogP contribution in [0.5, 0.6) is 0 Å². The van der Waals surface area contributed by atoms with E-state index in [2.05, 4.69) is 10.3 Å². The normalized spacial score (nSPS) is 11.3. The second-order valence-electron chi connectivity index (χ2n) is 7.29. The maximum atomic E-state index is 12.8. The number of carbonyl (C=O) groups is 2. The van der Waals surface area contributed by atoms with E-state index in [0.29, 0.717) is 35.9 Å². The van der Waals surface area contributed by atoms with Gasteiger partial charge in [-0.2, -0.15) is 0 Å². The third-order valence-corrected chi connectivity index (χ3v) is 6.03. The van der Waals surface area contributed by atoms with Gasteiger partial charge >= 0.3 is 5.97 Å². The Morgan fingerprint density at radius 1 is 1.09 bits per heavy atom. The van der Waals surface area contributed by atoms with Crippen LogP contribution in [0.2, 0.25) is 0 Å². The molecule has 0 aliphatic rings. The van der Waals surface area contributed by atoms with E-state index in [1.165, 1.54) is 12.1 Å². The number of fused-ring (bicyclic) bond motifs is 1. The fourth-order valence-electron chi connectivity index (χ4n) is 3.41. The van der Waals surface area contributed by atoms with E-state index in [4.69, 9.17) is 9.88 Å². The average molecular weight is 456 g/mol. The van der Waals surface area contributed by atoms with Gasteiger partial charge in [0.15, 0.2) is 6.61 Å². The van der Waals surface area contributed by atoms with Gasteiger partial charge in [-0.3, -0.25) is 9.78 Å².